The second-order valence-corrected chi connectivity index (χ2v) is 7.13. The minimum Gasteiger partial charge on any atom is -0.337 e. The summed E-state index contributed by atoms with van der Waals surface area (Å²) in [6, 6.07) is 17.5. The standard InChI is InChI=1S/C22H24N4O2/c23-13-15-26(14-12-16-4-2-1-3-5-16)22(27)19-10-8-18(9-11-19)21-24-20(25-28-21)17-6-7-17/h1-5,8-11,17H,6-7,12-15,23H2. The predicted molar refractivity (Wildman–Crippen MR) is 107 cm³/mol. The zero-order valence-corrected chi connectivity index (χ0v) is 15.8. The molecule has 1 aliphatic rings. The van der Waals surface area contributed by atoms with E-state index in [2.05, 4.69) is 22.3 Å². The first kappa shape index (κ1) is 18.4. The predicted octanol–water partition coefficient (Wildman–Crippen LogP) is 3.26. The molecule has 6 nitrogen and oxygen atoms in total. The first-order valence-electron chi connectivity index (χ1n) is 9.72. The molecule has 1 fully saturated rings. The number of hydrogen-bond acceptors (Lipinski definition) is 5. The highest BCUT2D eigenvalue weighted by molar-refractivity contribution is 5.94. The first-order valence-corrected chi connectivity index (χ1v) is 9.72. The summed E-state index contributed by atoms with van der Waals surface area (Å²) in [5, 5.41) is 4.04. The zero-order chi connectivity index (χ0) is 19.3. The quantitative estimate of drug-likeness (QED) is 0.652. The molecule has 0 bridgehead atoms. The van der Waals surface area contributed by atoms with Crippen molar-refractivity contribution in [2.45, 2.75) is 25.2 Å². The molecule has 6 heteroatoms. The molecule has 3 aromatic rings. The average molecular weight is 376 g/mol. The lowest BCUT2D eigenvalue weighted by Crippen LogP contribution is -2.36. The van der Waals surface area contributed by atoms with Crippen molar-refractivity contribution < 1.29 is 9.32 Å². The normalized spacial score (nSPS) is 13.5. The van der Waals surface area contributed by atoms with Crippen molar-refractivity contribution in [3.63, 3.8) is 0 Å². The molecule has 2 aromatic carbocycles. The van der Waals surface area contributed by atoms with Crippen LogP contribution in [0.25, 0.3) is 11.5 Å². The van der Waals surface area contributed by atoms with Crippen LogP contribution in [0.4, 0.5) is 0 Å². The maximum Gasteiger partial charge on any atom is 0.257 e. The number of carbonyl (C=O) groups is 1. The Morgan fingerprint density at radius 2 is 1.82 bits per heavy atom. The van der Waals surface area contributed by atoms with Crippen LogP contribution in [0.3, 0.4) is 0 Å². The third-order valence-electron chi connectivity index (χ3n) is 4.96. The maximum absolute atomic E-state index is 12.9. The van der Waals surface area contributed by atoms with Crippen LogP contribution in [-0.4, -0.2) is 40.6 Å². The fourth-order valence-electron chi connectivity index (χ4n) is 3.18. The monoisotopic (exact) mass is 376 g/mol. The van der Waals surface area contributed by atoms with Crippen molar-refractivity contribution >= 4 is 5.91 Å². The molecule has 0 atom stereocenters. The summed E-state index contributed by atoms with van der Waals surface area (Å²) in [5.41, 5.74) is 8.39. The van der Waals surface area contributed by atoms with Crippen molar-refractivity contribution in [1.82, 2.24) is 15.0 Å². The summed E-state index contributed by atoms with van der Waals surface area (Å²) in [5.74, 6) is 1.72. The zero-order valence-electron chi connectivity index (χ0n) is 15.8. The largest absolute Gasteiger partial charge is 0.337 e. The fraction of sp³-hybridized carbons (Fsp3) is 0.318. The molecule has 1 heterocycles. The lowest BCUT2D eigenvalue weighted by Gasteiger charge is -2.22. The van der Waals surface area contributed by atoms with Crippen LogP contribution in [0.1, 0.15) is 40.5 Å². The van der Waals surface area contributed by atoms with Gasteiger partial charge in [0.2, 0.25) is 0 Å². The molecule has 1 aromatic heterocycles. The van der Waals surface area contributed by atoms with Crippen LogP contribution >= 0.6 is 0 Å². The topological polar surface area (TPSA) is 85.2 Å². The highest BCUT2D eigenvalue weighted by Gasteiger charge is 2.29. The van der Waals surface area contributed by atoms with Gasteiger partial charge in [0.1, 0.15) is 0 Å². The van der Waals surface area contributed by atoms with E-state index in [0.29, 0.717) is 37.0 Å². The minimum absolute atomic E-state index is 0.0165. The van der Waals surface area contributed by atoms with Gasteiger partial charge >= 0.3 is 0 Å². The van der Waals surface area contributed by atoms with Crippen molar-refractivity contribution in [3.8, 4) is 11.5 Å². The van der Waals surface area contributed by atoms with Crippen LogP contribution in [0.5, 0.6) is 0 Å². The fourth-order valence-corrected chi connectivity index (χ4v) is 3.18. The molecule has 0 unspecified atom stereocenters. The summed E-state index contributed by atoms with van der Waals surface area (Å²) in [4.78, 5) is 19.2. The van der Waals surface area contributed by atoms with Gasteiger partial charge in [-0.05, 0) is 49.1 Å². The second-order valence-electron chi connectivity index (χ2n) is 7.13. The molecule has 0 saturated heterocycles. The van der Waals surface area contributed by atoms with E-state index in [1.807, 2.05) is 42.5 Å². The minimum atomic E-state index is -0.0165. The van der Waals surface area contributed by atoms with Gasteiger partial charge in [-0.25, -0.2) is 0 Å². The van der Waals surface area contributed by atoms with E-state index in [1.54, 1.807) is 4.90 Å². The Balaban J connectivity index is 1.43. The molecule has 0 spiro atoms. The summed E-state index contributed by atoms with van der Waals surface area (Å²) in [7, 11) is 0. The lowest BCUT2D eigenvalue weighted by molar-refractivity contribution is 0.0762. The number of amides is 1. The molecule has 1 aliphatic carbocycles. The molecule has 144 valence electrons. The Labute approximate surface area is 164 Å². The number of benzene rings is 2. The Morgan fingerprint density at radius 1 is 1.07 bits per heavy atom. The Bertz CT molecular complexity index is 917. The van der Waals surface area contributed by atoms with Crippen molar-refractivity contribution in [3.05, 3.63) is 71.5 Å². The van der Waals surface area contributed by atoms with Crippen LogP contribution in [-0.2, 0) is 6.42 Å². The third kappa shape index (κ3) is 4.28. The SMILES string of the molecule is NCCN(CCc1ccccc1)C(=O)c1ccc(-c2nc(C3CC3)no2)cc1. The second kappa shape index (κ2) is 8.35. The molecule has 0 aliphatic heterocycles. The van der Waals surface area contributed by atoms with Gasteiger partial charge in [0.05, 0.1) is 0 Å². The number of nitrogens with two attached hydrogens (primary N) is 1. The third-order valence-corrected chi connectivity index (χ3v) is 4.96. The molecule has 4 rings (SSSR count). The molecular weight excluding hydrogens is 352 g/mol. The Hall–Kier alpha value is -2.99. The molecular formula is C22H24N4O2. The van der Waals surface area contributed by atoms with Gasteiger partial charge in [0, 0.05) is 36.7 Å². The van der Waals surface area contributed by atoms with Crippen LogP contribution in [0, 0.1) is 0 Å². The van der Waals surface area contributed by atoms with Gasteiger partial charge in [-0.15, -0.1) is 0 Å². The first-order chi connectivity index (χ1) is 13.7. The molecule has 1 amide bonds. The van der Waals surface area contributed by atoms with Gasteiger partial charge in [-0.1, -0.05) is 35.5 Å². The van der Waals surface area contributed by atoms with E-state index in [1.165, 1.54) is 5.56 Å². The summed E-state index contributed by atoms with van der Waals surface area (Å²) >= 11 is 0. The molecule has 2 N–H and O–H groups in total. The van der Waals surface area contributed by atoms with Gasteiger partial charge in [-0.3, -0.25) is 4.79 Å². The molecule has 0 radical (unpaired) electrons. The highest BCUT2D eigenvalue weighted by atomic mass is 16.5. The lowest BCUT2D eigenvalue weighted by atomic mass is 10.1. The van der Waals surface area contributed by atoms with E-state index in [-0.39, 0.29) is 5.91 Å². The molecule has 1 saturated carbocycles. The summed E-state index contributed by atoms with van der Waals surface area (Å²) in [6.45, 7) is 1.60. The van der Waals surface area contributed by atoms with Gasteiger partial charge in [0.15, 0.2) is 5.82 Å². The van der Waals surface area contributed by atoms with Crippen molar-refractivity contribution in [1.29, 1.82) is 0 Å². The number of hydrogen-bond donors (Lipinski definition) is 1. The number of aromatic nitrogens is 2. The maximum atomic E-state index is 12.9. The summed E-state index contributed by atoms with van der Waals surface area (Å²) < 4.78 is 5.35. The Morgan fingerprint density at radius 3 is 2.50 bits per heavy atom. The molecule has 28 heavy (non-hydrogen) atoms. The van der Waals surface area contributed by atoms with Crippen LogP contribution in [0.2, 0.25) is 0 Å². The number of rotatable bonds is 8. The van der Waals surface area contributed by atoms with Gasteiger partial charge in [-0.2, -0.15) is 4.98 Å². The van der Waals surface area contributed by atoms with E-state index >= 15 is 0 Å². The van der Waals surface area contributed by atoms with E-state index in [9.17, 15) is 4.79 Å². The van der Waals surface area contributed by atoms with Crippen LogP contribution < -0.4 is 5.73 Å². The van der Waals surface area contributed by atoms with Crippen molar-refractivity contribution in [2.24, 2.45) is 5.73 Å². The smallest absolute Gasteiger partial charge is 0.257 e. The van der Waals surface area contributed by atoms with Gasteiger partial charge < -0.3 is 15.2 Å². The van der Waals surface area contributed by atoms with E-state index in [0.717, 1.165) is 30.7 Å². The number of carbonyl (C=O) groups excluding carboxylic acids is 1. The number of nitrogens with zero attached hydrogens (tertiary/aromatic N) is 3. The van der Waals surface area contributed by atoms with Crippen LogP contribution in [0.15, 0.2) is 59.1 Å². The summed E-state index contributed by atoms with van der Waals surface area (Å²) in [6.07, 6.45) is 3.06. The average Bonchev–Trinajstić information content (AvgIpc) is 3.48. The highest BCUT2D eigenvalue weighted by Crippen LogP contribution is 2.38. The van der Waals surface area contributed by atoms with Crippen molar-refractivity contribution in [2.75, 3.05) is 19.6 Å². The van der Waals surface area contributed by atoms with E-state index < -0.39 is 0 Å². The van der Waals surface area contributed by atoms with Gasteiger partial charge in [0.25, 0.3) is 11.8 Å². The van der Waals surface area contributed by atoms with E-state index in [4.69, 9.17) is 10.3 Å². The Kier molecular flexibility index (Phi) is 5.48.